The highest BCUT2D eigenvalue weighted by Crippen LogP contribution is 2.33. The highest BCUT2D eigenvalue weighted by atomic mass is 16.5. The van der Waals surface area contributed by atoms with E-state index in [2.05, 4.69) is 22.1 Å². The molecule has 2 heterocycles. The summed E-state index contributed by atoms with van der Waals surface area (Å²) in [5, 5.41) is 5.76. The molecule has 0 bridgehead atoms. The van der Waals surface area contributed by atoms with E-state index in [0.29, 0.717) is 5.56 Å². The third-order valence-corrected chi connectivity index (χ3v) is 4.75. The molecule has 5 nitrogen and oxygen atoms in total. The maximum absolute atomic E-state index is 12.4. The maximum Gasteiger partial charge on any atom is 0.271 e. The van der Waals surface area contributed by atoms with E-state index in [0.717, 1.165) is 33.8 Å². The van der Waals surface area contributed by atoms with Gasteiger partial charge >= 0.3 is 0 Å². The lowest BCUT2D eigenvalue weighted by atomic mass is 9.94. The van der Waals surface area contributed by atoms with Gasteiger partial charge in [0, 0.05) is 23.3 Å². The Morgan fingerprint density at radius 3 is 2.62 bits per heavy atom. The van der Waals surface area contributed by atoms with E-state index in [1.807, 2.05) is 54.6 Å². The minimum atomic E-state index is -0.134. The van der Waals surface area contributed by atoms with E-state index in [-0.39, 0.29) is 11.5 Å². The van der Waals surface area contributed by atoms with Crippen molar-refractivity contribution in [2.75, 3.05) is 7.11 Å². The maximum atomic E-state index is 12.4. The van der Waals surface area contributed by atoms with Crippen LogP contribution in [0.2, 0.25) is 0 Å². The molecular weight excluding hydrogens is 326 g/mol. The number of fused-ring (bicyclic) bond motifs is 1. The van der Waals surface area contributed by atoms with Crippen LogP contribution >= 0.6 is 0 Å². The van der Waals surface area contributed by atoms with Crippen molar-refractivity contribution in [3.63, 3.8) is 0 Å². The van der Waals surface area contributed by atoms with Gasteiger partial charge in [0.1, 0.15) is 5.75 Å². The number of rotatable bonds is 4. The van der Waals surface area contributed by atoms with Crippen LogP contribution in [0.15, 0.2) is 58.3 Å². The van der Waals surface area contributed by atoms with Crippen molar-refractivity contribution >= 4 is 23.6 Å². The zero-order valence-corrected chi connectivity index (χ0v) is 14.6. The van der Waals surface area contributed by atoms with Crippen LogP contribution in [0, 0.1) is 0 Å². The second-order valence-corrected chi connectivity index (χ2v) is 6.28. The average molecular weight is 345 g/mol. The van der Waals surface area contributed by atoms with Crippen LogP contribution in [-0.4, -0.2) is 23.5 Å². The fourth-order valence-electron chi connectivity index (χ4n) is 3.23. The fraction of sp³-hybridized carbons (Fsp3) is 0.143. The summed E-state index contributed by atoms with van der Waals surface area (Å²) >= 11 is 0. The summed E-state index contributed by atoms with van der Waals surface area (Å²) in [6.45, 7) is 2.07. The van der Waals surface area contributed by atoms with Crippen LogP contribution < -0.4 is 10.3 Å². The molecule has 0 spiro atoms. The third-order valence-electron chi connectivity index (χ3n) is 4.75. The molecule has 2 aromatic carbocycles. The summed E-state index contributed by atoms with van der Waals surface area (Å²) in [5.41, 5.74) is 5.35. The zero-order valence-electron chi connectivity index (χ0n) is 14.6. The highest BCUT2D eigenvalue weighted by Gasteiger charge is 2.19. The van der Waals surface area contributed by atoms with Gasteiger partial charge < -0.3 is 9.84 Å². The first-order chi connectivity index (χ1) is 12.7. The first-order valence-corrected chi connectivity index (χ1v) is 8.47. The molecule has 130 valence electrons. The van der Waals surface area contributed by atoms with Gasteiger partial charge in [-0.1, -0.05) is 37.3 Å². The van der Waals surface area contributed by atoms with Gasteiger partial charge in [-0.2, -0.15) is 0 Å². The van der Waals surface area contributed by atoms with Crippen LogP contribution in [0.1, 0.15) is 35.2 Å². The summed E-state index contributed by atoms with van der Waals surface area (Å²) in [5.74, 6) is 0.838. The number of para-hydroxylation sites is 1. The summed E-state index contributed by atoms with van der Waals surface area (Å²) < 4.78 is 5.22. The van der Waals surface area contributed by atoms with Crippen molar-refractivity contribution in [3.8, 4) is 5.75 Å². The number of aromatic amines is 2. The van der Waals surface area contributed by atoms with Gasteiger partial charge in [-0.25, -0.2) is 0 Å². The fourth-order valence-corrected chi connectivity index (χ4v) is 3.23. The zero-order chi connectivity index (χ0) is 18.1. The summed E-state index contributed by atoms with van der Waals surface area (Å²) in [4.78, 5) is 16.8. The van der Waals surface area contributed by atoms with Gasteiger partial charge in [0.2, 0.25) is 0 Å². The van der Waals surface area contributed by atoms with Crippen molar-refractivity contribution in [1.82, 2.24) is 10.2 Å². The van der Waals surface area contributed by atoms with Crippen molar-refractivity contribution in [3.05, 3.63) is 81.3 Å². The number of allylic oxidation sites excluding steroid dienone is 1. The molecule has 1 atom stereocenters. The predicted octanol–water partition coefficient (Wildman–Crippen LogP) is 4.12. The summed E-state index contributed by atoms with van der Waals surface area (Å²) in [7, 11) is 1.65. The normalized spacial score (nSPS) is 15.2. The van der Waals surface area contributed by atoms with E-state index in [9.17, 15) is 4.79 Å². The van der Waals surface area contributed by atoms with Crippen LogP contribution in [0.4, 0.5) is 5.69 Å². The van der Waals surface area contributed by atoms with Gasteiger partial charge in [-0.15, -0.1) is 0 Å². The van der Waals surface area contributed by atoms with E-state index >= 15 is 0 Å². The smallest absolute Gasteiger partial charge is 0.271 e. The van der Waals surface area contributed by atoms with Crippen LogP contribution in [-0.2, 0) is 0 Å². The van der Waals surface area contributed by atoms with Gasteiger partial charge in [-0.3, -0.25) is 14.9 Å². The van der Waals surface area contributed by atoms with Crippen LogP contribution in [0.25, 0.3) is 11.6 Å². The predicted molar refractivity (Wildman–Crippen MR) is 104 cm³/mol. The molecule has 0 saturated heterocycles. The number of hydrogen-bond donors (Lipinski definition) is 2. The number of methoxy groups -OCH3 is 1. The van der Waals surface area contributed by atoms with Crippen molar-refractivity contribution in [2.24, 2.45) is 4.99 Å². The molecule has 2 N–H and O–H groups in total. The monoisotopic (exact) mass is 345 g/mol. The molecule has 1 aliphatic rings. The van der Waals surface area contributed by atoms with Crippen LogP contribution in [0.5, 0.6) is 5.75 Å². The standard InChI is InChI=1S/C21H19N3O2/c1-13(14-7-9-16(26-2)10-8-14)20-18(21(25)24-23-20)11-15-12-22-19-6-4-3-5-17(15)19/h3-13H,1-2H3,(H2,23,24,25)/b15-11-. The second-order valence-electron chi connectivity index (χ2n) is 6.28. The molecule has 1 aliphatic heterocycles. The lowest BCUT2D eigenvalue weighted by Crippen LogP contribution is -2.05. The number of H-pyrrole nitrogens is 2. The molecule has 0 radical (unpaired) electrons. The Hall–Kier alpha value is -3.34. The molecular formula is C21H19N3O2. The first-order valence-electron chi connectivity index (χ1n) is 8.47. The lowest BCUT2D eigenvalue weighted by Gasteiger charge is -2.12. The molecule has 1 unspecified atom stereocenters. The van der Waals surface area contributed by atoms with Gasteiger partial charge in [0.15, 0.2) is 0 Å². The second kappa shape index (κ2) is 6.52. The molecule has 5 heteroatoms. The minimum Gasteiger partial charge on any atom is -0.497 e. The number of aromatic nitrogens is 2. The Labute approximate surface area is 151 Å². The largest absolute Gasteiger partial charge is 0.497 e. The highest BCUT2D eigenvalue weighted by molar-refractivity contribution is 6.21. The van der Waals surface area contributed by atoms with Crippen LogP contribution in [0.3, 0.4) is 0 Å². The third kappa shape index (κ3) is 2.77. The van der Waals surface area contributed by atoms with Crippen molar-refractivity contribution in [1.29, 1.82) is 0 Å². The van der Waals surface area contributed by atoms with Gasteiger partial charge in [-0.05, 0) is 29.8 Å². The molecule has 0 aliphatic carbocycles. The Balaban J connectivity index is 1.73. The SMILES string of the molecule is COc1ccc(C(C)c2[nH][nH]c(=O)c2/C=C2/C=Nc3ccccc32)cc1. The number of nitrogens with zero attached hydrogens (tertiary/aromatic N) is 1. The van der Waals surface area contributed by atoms with Gasteiger partial charge in [0.05, 0.1) is 24.1 Å². The quantitative estimate of drug-likeness (QED) is 0.747. The molecule has 26 heavy (non-hydrogen) atoms. The van der Waals surface area contributed by atoms with E-state index in [1.54, 1.807) is 13.3 Å². The average Bonchev–Trinajstić information content (AvgIpc) is 3.26. The van der Waals surface area contributed by atoms with Crippen molar-refractivity contribution < 1.29 is 4.74 Å². The lowest BCUT2D eigenvalue weighted by molar-refractivity contribution is 0.414. The van der Waals surface area contributed by atoms with E-state index < -0.39 is 0 Å². The number of benzene rings is 2. The minimum absolute atomic E-state index is 0.0280. The molecule has 4 rings (SSSR count). The number of aliphatic imine (C=N–C) groups is 1. The van der Waals surface area contributed by atoms with Crippen molar-refractivity contribution in [2.45, 2.75) is 12.8 Å². The molecule has 3 aromatic rings. The topological polar surface area (TPSA) is 70.2 Å². The van der Waals surface area contributed by atoms with E-state index in [1.165, 1.54) is 0 Å². The number of hydrogen-bond acceptors (Lipinski definition) is 3. The Bertz CT molecular complexity index is 1060. The molecule has 0 fully saturated rings. The number of ether oxygens (including phenoxy) is 1. The Kier molecular flexibility index (Phi) is 4.05. The Morgan fingerprint density at radius 2 is 1.85 bits per heavy atom. The Morgan fingerprint density at radius 1 is 1.08 bits per heavy atom. The number of nitrogens with one attached hydrogen (secondary N) is 2. The summed E-state index contributed by atoms with van der Waals surface area (Å²) in [6, 6.07) is 15.8. The molecule has 0 amide bonds. The summed E-state index contributed by atoms with van der Waals surface area (Å²) in [6.07, 6.45) is 3.71. The van der Waals surface area contributed by atoms with E-state index in [4.69, 9.17) is 4.74 Å². The molecule has 0 saturated carbocycles. The first kappa shape index (κ1) is 16.1. The van der Waals surface area contributed by atoms with Gasteiger partial charge in [0.25, 0.3) is 5.56 Å². The molecule has 1 aromatic heterocycles.